The summed E-state index contributed by atoms with van der Waals surface area (Å²) in [5.41, 5.74) is 5.70. The second kappa shape index (κ2) is 6.73. The van der Waals surface area contributed by atoms with Gasteiger partial charge in [0.15, 0.2) is 5.78 Å². The molecular weight excluding hydrogens is 290 g/mol. The number of aryl methyl sites for hydroxylation is 3. The van der Waals surface area contributed by atoms with Crippen molar-refractivity contribution >= 4 is 11.8 Å². The van der Waals surface area contributed by atoms with Gasteiger partial charge >= 0.3 is 5.97 Å². The van der Waals surface area contributed by atoms with Gasteiger partial charge in [0.25, 0.3) is 0 Å². The lowest BCUT2D eigenvalue weighted by atomic mass is 9.92. The van der Waals surface area contributed by atoms with Crippen molar-refractivity contribution in [1.82, 2.24) is 4.98 Å². The van der Waals surface area contributed by atoms with Crippen molar-refractivity contribution in [1.29, 1.82) is 0 Å². The van der Waals surface area contributed by atoms with Crippen LogP contribution in [0.25, 0.3) is 0 Å². The largest absolute Gasteiger partial charge is 0.457 e. The molecule has 4 heteroatoms. The molecule has 0 fully saturated rings. The van der Waals surface area contributed by atoms with Crippen LogP contribution in [0.2, 0.25) is 0 Å². The molecule has 0 unspecified atom stereocenters. The van der Waals surface area contributed by atoms with Crippen LogP contribution < -0.4 is 0 Å². The summed E-state index contributed by atoms with van der Waals surface area (Å²) in [6.07, 6.45) is 1.51. The fraction of sp³-hybridized carbons (Fsp3) is 0.316. The molecule has 0 N–H and O–H groups in total. The molecule has 1 heterocycles. The summed E-state index contributed by atoms with van der Waals surface area (Å²) < 4.78 is 5.40. The molecule has 0 aliphatic heterocycles. The third-order valence-corrected chi connectivity index (χ3v) is 3.98. The normalized spacial score (nSPS) is 10.5. The van der Waals surface area contributed by atoms with E-state index < -0.39 is 5.97 Å². The number of carbonyl (C=O) groups is 2. The van der Waals surface area contributed by atoms with E-state index in [4.69, 9.17) is 4.74 Å². The first-order valence-corrected chi connectivity index (χ1v) is 7.51. The standard InChI is InChI=1S/C19H21NO3/c1-11-8-12(2)18(15(5)21)14(4)17(11)10-23-19(22)16-7-6-13(3)20-9-16/h6-9H,10H2,1-5H3. The number of pyridine rings is 1. The molecule has 0 aliphatic rings. The summed E-state index contributed by atoms with van der Waals surface area (Å²) in [7, 11) is 0. The third kappa shape index (κ3) is 3.65. The number of Topliss-reactive ketones (excluding diaryl/α,β-unsaturated/α-hetero) is 1. The van der Waals surface area contributed by atoms with Crippen molar-refractivity contribution in [3.8, 4) is 0 Å². The molecular formula is C19H21NO3. The van der Waals surface area contributed by atoms with Gasteiger partial charge in [-0.05, 0) is 69.0 Å². The Morgan fingerprint density at radius 2 is 1.78 bits per heavy atom. The SMILES string of the molecule is CC(=O)c1c(C)cc(C)c(COC(=O)c2ccc(C)nc2)c1C. The summed E-state index contributed by atoms with van der Waals surface area (Å²) in [6, 6.07) is 5.42. The number of esters is 1. The fourth-order valence-corrected chi connectivity index (χ4v) is 2.80. The van der Waals surface area contributed by atoms with Crippen LogP contribution in [0.3, 0.4) is 0 Å². The highest BCUT2D eigenvalue weighted by Crippen LogP contribution is 2.24. The molecule has 120 valence electrons. The number of ether oxygens (including phenoxy) is 1. The summed E-state index contributed by atoms with van der Waals surface area (Å²) in [6.45, 7) is 9.33. The lowest BCUT2D eigenvalue weighted by molar-refractivity contribution is 0.0471. The molecule has 0 saturated carbocycles. The Hall–Kier alpha value is -2.49. The first-order chi connectivity index (χ1) is 10.8. The van der Waals surface area contributed by atoms with Crippen molar-refractivity contribution in [2.24, 2.45) is 0 Å². The van der Waals surface area contributed by atoms with Gasteiger partial charge in [0.2, 0.25) is 0 Å². The highest BCUT2D eigenvalue weighted by Gasteiger charge is 2.16. The van der Waals surface area contributed by atoms with Crippen LogP contribution in [0.4, 0.5) is 0 Å². The number of ketones is 1. The number of hydrogen-bond donors (Lipinski definition) is 0. The predicted molar refractivity (Wildman–Crippen MR) is 88.8 cm³/mol. The Morgan fingerprint density at radius 3 is 2.35 bits per heavy atom. The van der Waals surface area contributed by atoms with Crippen molar-refractivity contribution in [3.05, 3.63) is 63.5 Å². The number of aromatic nitrogens is 1. The minimum atomic E-state index is -0.416. The van der Waals surface area contributed by atoms with Gasteiger partial charge in [-0.3, -0.25) is 9.78 Å². The first-order valence-electron chi connectivity index (χ1n) is 7.51. The lowest BCUT2D eigenvalue weighted by Gasteiger charge is -2.16. The zero-order valence-corrected chi connectivity index (χ0v) is 14.2. The van der Waals surface area contributed by atoms with Gasteiger partial charge in [-0.2, -0.15) is 0 Å². The van der Waals surface area contributed by atoms with Crippen molar-refractivity contribution in [3.63, 3.8) is 0 Å². The summed E-state index contributed by atoms with van der Waals surface area (Å²) >= 11 is 0. The molecule has 0 saturated heterocycles. The maximum absolute atomic E-state index is 12.1. The zero-order chi connectivity index (χ0) is 17.1. The Kier molecular flexibility index (Phi) is 4.94. The number of hydrogen-bond acceptors (Lipinski definition) is 4. The van der Waals surface area contributed by atoms with E-state index in [0.717, 1.165) is 27.9 Å². The molecule has 4 nitrogen and oxygen atoms in total. The topological polar surface area (TPSA) is 56.3 Å². The van der Waals surface area contributed by atoms with E-state index in [1.165, 1.54) is 6.20 Å². The van der Waals surface area contributed by atoms with Crippen LogP contribution in [-0.2, 0) is 11.3 Å². The summed E-state index contributed by atoms with van der Waals surface area (Å²) in [4.78, 5) is 28.0. The maximum Gasteiger partial charge on any atom is 0.340 e. The van der Waals surface area contributed by atoms with Crippen LogP contribution >= 0.6 is 0 Å². The van der Waals surface area contributed by atoms with E-state index in [0.29, 0.717) is 11.1 Å². The number of rotatable bonds is 4. The van der Waals surface area contributed by atoms with Gasteiger partial charge in [-0.25, -0.2) is 4.79 Å². The van der Waals surface area contributed by atoms with Crippen molar-refractivity contribution < 1.29 is 14.3 Å². The molecule has 0 atom stereocenters. The van der Waals surface area contributed by atoms with E-state index in [1.807, 2.05) is 33.8 Å². The van der Waals surface area contributed by atoms with Crippen molar-refractivity contribution in [2.75, 3.05) is 0 Å². The van der Waals surface area contributed by atoms with Crippen LogP contribution in [0.5, 0.6) is 0 Å². The average molecular weight is 311 g/mol. The Morgan fingerprint density at radius 1 is 1.09 bits per heavy atom. The second-order valence-electron chi connectivity index (χ2n) is 5.81. The van der Waals surface area contributed by atoms with Crippen LogP contribution in [0.1, 0.15) is 55.6 Å². The third-order valence-electron chi connectivity index (χ3n) is 3.98. The van der Waals surface area contributed by atoms with Crippen LogP contribution in [0, 0.1) is 27.7 Å². The van der Waals surface area contributed by atoms with Gasteiger partial charge in [-0.1, -0.05) is 6.07 Å². The Labute approximate surface area is 136 Å². The van der Waals surface area contributed by atoms with Gasteiger partial charge in [-0.15, -0.1) is 0 Å². The molecule has 2 rings (SSSR count). The van der Waals surface area contributed by atoms with E-state index >= 15 is 0 Å². The minimum absolute atomic E-state index is 0.0234. The predicted octanol–water partition coefficient (Wildman–Crippen LogP) is 3.87. The fourth-order valence-electron chi connectivity index (χ4n) is 2.80. The molecule has 0 aliphatic carbocycles. The van der Waals surface area contributed by atoms with Crippen molar-refractivity contribution in [2.45, 2.75) is 41.2 Å². The average Bonchev–Trinajstić information content (AvgIpc) is 2.46. The molecule has 2 aromatic rings. The minimum Gasteiger partial charge on any atom is -0.457 e. The van der Waals surface area contributed by atoms with E-state index in [1.54, 1.807) is 19.1 Å². The summed E-state index contributed by atoms with van der Waals surface area (Å²) in [5, 5.41) is 0. The van der Waals surface area contributed by atoms with Crippen LogP contribution in [-0.4, -0.2) is 16.7 Å². The molecule has 0 radical (unpaired) electrons. The van der Waals surface area contributed by atoms with Gasteiger partial charge in [0.1, 0.15) is 6.61 Å². The van der Waals surface area contributed by atoms with E-state index in [9.17, 15) is 9.59 Å². The Bertz CT molecular complexity index is 761. The molecule has 0 amide bonds. The molecule has 1 aromatic heterocycles. The van der Waals surface area contributed by atoms with E-state index in [-0.39, 0.29) is 12.4 Å². The van der Waals surface area contributed by atoms with Gasteiger partial charge < -0.3 is 4.74 Å². The number of carbonyl (C=O) groups excluding carboxylic acids is 2. The first kappa shape index (κ1) is 16.9. The van der Waals surface area contributed by atoms with Gasteiger partial charge in [0, 0.05) is 17.5 Å². The highest BCUT2D eigenvalue weighted by molar-refractivity contribution is 5.97. The number of benzene rings is 1. The molecule has 0 spiro atoms. The monoisotopic (exact) mass is 311 g/mol. The highest BCUT2D eigenvalue weighted by atomic mass is 16.5. The smallest absolute Gasteiger partial charge is 0.340 e. The molecule has 0 bridgehead atoms. The van der Waals surface area contributed by atoms with Crippen LogP contribution in [0.15, 0.2) is 24.4 Å². The lowest BCUT2D eigenvalue weighted by Crippen LogP contribution is -2.10. The van der Waals surface area contributed by atoms with Gasteiger partial charge in [0.05, 0.1) is 5.56 Å². The second-order valence-corrected chi connectivity index (χ2v) is 5.81. The quantitative estimate of drug-likeness (QED) is 0.635. The molecule has 23 heavy (non-hydrogen) atoms. The molecule has 1 aromatic carbocycles. The zero-order valence-electron chi connectivity index (χ0n) is 14.2. The maximum atomic E-state index is 12.1. The summed E-state index contributed by atoms with van der Waals surface area (Å²) in [5.74, 6) is -0.392. The van der Waals surface area contributed by atoms with E-state index in [2.05, 4.69) is 4.98 Å². The Balaban J connectivity index is 2.23. The number of nitrogens with zero attached hydrogens (tertiary/aromatic N) is 1.